The van der Waals surface area contributed by atoms with Crippen molar-refractivity contribution in [3.63, 3.8) is 0 Å². The Morgan fingerprint density at radius 1 is 1.38 bits per heavy atom. The summed E-state index contributed by atoms with van der Waals surface area (Å²) in [5, 5.41) is 20.0. The molecule has 1 heterocycles. The molecule has 7 nitrogen and oxygen atoms in total. The number of carbonyl (C=O) groups excluding carboxylic acids is 2. The van der Waals surface area contributed by atoms with E-state index in [-0.39, 0.29) is 11.3 Å². The Bertz CT molecular complexity index is 537. The standard InChI is InChI=1S/C9H6N2O5/c1-10-7-5(8(13)9(10)14)2-4(11(15)16)3-6(7)12/h2-3,12H,1H3. The topological polar surface area (TPSA) is 101 Å². The third-order valence-electron chi connectivity index (χ3n) is 2.36. The summed E-state index contributed by atoms with van der Waals surface area (Å²) in [5.41, 5.74) is -0.549. The smallest absolute Gasteiger partial charge is 0.299 e. The van der Waals surface area contributed by atoms with Crippen LogP contribution in [0.5, 0.6) is 5.75 Å². The second-order valence-electron chi connectivity index (χ2n) is 3.31. The fourth-order valence-electron chi connectivity index (χ4n) is 1.60. The van der Waals surface area contributed by atoms with Crippen LogP contribution in [0.4, 0.5) is 11.4 Å². The van der Waals surface area contributed by atoms with Crippen molar-refractivity contribution < 1.29 is 19.6 Å². The molecule has 16 heavy (non-hydrogen) atoms. The van der Waals surface area contributed by atoms with E-state index in [1.807, 2.05) is 0 Å². The van der Waals surface area contributed by atoms with Gasteiger partial charge in [-0.05, 0) is 0 Å². The van der Waals surface area contributed by atoms with Gasteiger partial charge >= 0.3 is 0 Å². The first-order valence-electron chi connectivity index (χ1n) is 4.27. The summed E-state index contributed by atoms with van der Waals surface area (Å²) in [5.74, 6) is -2.12. The van der Waals surface area contributed by atoms with E-state index < -0.39 is 28.1 Å². The summed E-state index contributed by atoms with van der Waals surface area (Å²) >= 11 is 0. The minimum absolute atomic E-state index is 0.0144. The van der Waals surface area contributed by atoms with E-state index in [1.165, 1.54) is 7.05 Å². The predicted molar refractivity (Wildman–Crippen MR) is 52.5 cm³/mol. The van der Waals surface area contributed by atoms with Crippen LogP contribution in [0.3, 0.4) is 0 Å². The molecule has 1 aromatic carbocycles. The maximum Gasteiger partial charge on any atom is 0.299 e. The van der Waals surface area contributed by atoms with Crippen molar-refractivity contribution in [1.82, 2.24) is 0 Å². The lowest BCUT2D eigenvalue weighted by molar-refractivity contribution is -0.384. The monoisotopic (exact) mass is 222 g/mol. The Labute approximate surface area is 89.1 Å². The second-order valence-corrected chi connectivity index (χ2v) is 3.31. The van der Waals surface area contributed by atoms with E-state index in [2.05, 4.69) is 0 Å². The normalized spacial score (nSPS) is 14.2. The Morgan fingerprint density at radius 3 is 2.56 bits per heavy atom. The number of nitro groups is 1. The number of carbonyl (C=O) groups is 2. The van der Waals surface area contributed by atoms with Gasteiger partial charge in [-0.2, -0.15) is 0 Å². The number of nitro benzene ring substituents is 1. The average molecular weight is 222 g/mol. The molecule has 1 aromatic rings. The van der Waals surface area contributed by atoms with Crippen molar-refractivity contribution >= 4 is 23.1 Å². The molecule has 2 rings (SSSR count). The lowest BCUT2D eigenvalue weighted by Gasteiger charge is -2.09. The molecule has 7 heteroatoms. The Morgan fingerprint density at radius 2 is 2.00 bits per heavy atom. The summed E-state index contributed by atoms with van der Waals surface area (Å²) in [7, 11) is 1.32. The molecule has 0 saturated heterocycles. The third-order valence-corrected chi connectivity index (χ3v) is 2.36. The van der Waals surface area contributed by atoms with Crippen molar-refractivity contribution in [2.75, 3.05) is 11.9 Å². The first-order valence-corrected chi connectivity index (χ1v) is 4.27. The molecule has 0 fully saturated rings. The molecule has 0 unspecified atom stereocenters. The summed E-state index contributed by atoms with van der Waals surface area (Å²) in [6.45, 7) is 0. The largest absolute Gasteiger partial charge is 0.505 e. The summed E-state index contributed by atoms with van der Waals surface area (Å²) in [6.07, 6.45) is 0. The molecule has 0 aromatic heterocycles. The number of phenols is 1. The van der Waals surface area contributed by atoms with Gasteiger partial charge in [-0.15, -0.1) is 0 Å². The number of Topliss-reactive ketones (excluding diaryl/α,β-unsaturated/α-hetero) is 1. The summed E-state index contributed by atoms with van der Waals surface area (Å²) in [6, 6.07) is 1.89. The Kier molecular flexibility index (Phi) is 1.91. The molecule has 1 aliphatic heterocycles. The van der Waals surface area contributed by atoms with E-state index in [1.54, 1.807) is 0 Å². The number of fused-ring (bicyclic) bond motifs is 1. The van der Waals surface area contributed by atoms with Crippen molar-refractivity contribution in [3.05, 3.63) is 27.8 Å². The first-order chi connectivity index (χ1) is 7.43. The molecule has 0 spiro atoms. The number of anilines is 1. The number of benzene rings is 1. The second kappa shape index (κ2) is 3.02. The van der Waals surface area contributed by atoms with Gasteiger partial charge in [0.05, 0.1) is 22.2 Å². The van der Waals surface area contributed by atoms with Crippen molar-refractivity contribution in [1.29, 1.82) is 0 Å². The molecule has 1 N–H and O–H groups in total. The van der Waals surface area contributed by atoms with Gasteiger partial charge in [-0.3, -0.25) is 19.7 Å². The number of hydrogen-bond acceptors (Lipinski definition) is 5. The van der Waals surface area contributed by atoms with E-state index in [0.717, 1.165) is 17.0 Å². The van der Waals surface area contributed by atoms with Crippen molar-refractivity contribution in [3.8, 4) is 5.75 Å². The zero-order valence-electron chi connectivity index (χ0n) is 8.13. The van der Waals surface area contributed by atoms with Gasteiger partial charge in [-0.25, -0.2) is 0 Å². The van der Waals surface area contributed by atoms with Gasteiger partial charge in [0.25, 0.3) is 17.4 Å². The number of phenolic OH excluding ortho intramolecular Hbond substituents is 1. The highest BCUT2D eigenvalue weighted by Crippen LogP contribution is 2.39. The third kappa shape index (κ3) is 1.14. The van der Waals surface area contributed by atoms with Crippen LogP contribution in [0.2, 0.25) is 0 Å². The molecule has 82 valence electrons. The lowest BCUT2D eigenvalue weighted by Crippen LogP contribution is -2.24. The van der Waals surface area contributed by atoms with Crippen LogP contribution in [-0.4, -0.2) is 28.8 Å². The minimum atomic E-state index is -0.850. The van der Waals surface area contributed by atoms with Crippen molar-refractivity contribution in [2.24, 2.45) is 0 Å². The van der Waals surface area contributed by atoms with Crippen LogP contribution in [0.15, 0.2) is 12.1 Å². The van der Waals surface area contributed by atoms with E-state index in [9.17, 15) is 24.8 Å². The van der Waals surface area contributed by atoms with Gasteiger partial charge in [0, 0.05) is 13.1 Å². The number of rotatable bonds is 1. The Hall–Kier alpha value is -2.44. The van der Waals surface area contributed by atoms with E-state index in [4.69, 9.17) is 0 Å². The van der Waals surface area contributed by atoms with Gasteiger partial charge < -0.3 is 10.0 Å². The van der Waals surface area contributed by atoms with Crippen LogP contribution in [0.25, 0.3) is 0 Å². The van der Waals surface area contributed by atoms with Gasteiger partial charge in [0.15, 0.2) is 0 Å². The highest BCUT2D eigenvalue weighted by atomic mass is 16.6. The summed E-state index contributed by atoms with van der Waals surface area (Å²) in [4.78, 5) is 33.4. The maximum atomic E-state index is 11.4. The molecule has 1 amide bonds. The lowest BCUT2D eigenvalue weighted by atomic mass is 10.1. The fraction of sp³-hybridized carbons (Fsp3) is 0.111. The van der Waals surface area contributed by atoms with Crippen LogP contribution in [0.1, 0.15) is 10.4 Å². The molecule has 0 saturated carbocycles. The molecular weight excluding hydrogens is 216 g/mol. The van der Waals surface area contributed by atoms with Crippen LogP contribution < -0.4 is 4.90 Å². The number of non-ortho nitro benzene ring substituents is 1. The SMILES string of the molecule is CN1C(=O)C(=O)c2cc([N+](=O)[O-])cc(O)c21. The highest BCUT2D eigenvalue weighted by Gasteiger charge is 2.37. The number of nitrogens with zero attached hydrogens (tertiary/aromatic N) is 2. The number of aromatic hydroxyl groups is 1. The number of likely N-dealkylation sites (N-methyl/N-ethyl adjacent to an activating group) is 1. The van der Waals surface area contributed by atoms with Crippen LogP contribution >= 0.6 is 0 Å². The predicted octanol–water partition coefficient (Wildman–Crippen LogP) is 0.459. The first kappa shape index (κ1) is 10.1. The fourth-order valence-corrected chi connectivity index (χ4v) is 1.60. The van der Waals surface area contributed by atoms with Gasteiger partial charge in [-0.1, -0.05) is 0 Å². The zero-order valence-corrected chi connectivity index (χ0v) is 8.13. The molecular formula is C9H6N2O5. The quantitative estimate of drug-likeness (QED) is 0.422. The van der Waals surface area contributed by atoms with Crippen LogP contribution in [-0.2, 0) is 4.79 Å². The number of ketones is 1. The maximum absolute atomic E-state index is 11.4. The Balaban J connectivity index is 2.72. The molecule has 0 radical (unpaired) electrons. The van der Waals surface area contributed by atoms with Gasteiger partial charge in [0.2, 0.25) is 0 Å². The zero-order chi connectivity index (χ0) is 12.0. The molecule has 0 bridgehead atoms. The van der Waals surface area contributed by atoms with Gasteiger partial charge in [0.1, 0.15) is 5.75 Å². The molecule has 0 aliphatic carbocycles. The highest BCUT2D eigenvalue weighted by molar-refractivity contribution is 6.52. The molecule has 0 atom stereocenters. The van der Waals surface area contributed by atoms with Crippen molar-refractivity contribution in [2.45, 2.75) is 0 Å². The average Bonchev–Trinajstić information content (AvgIpc) is 2.44. The van der Waals surface area contributed by atoms with E-state index in [0.29, 0.717) is 0 Å². The van der Waals surface area contributed by atoms with Crippen LogP contribution in [0, 0.1) is 10.1 Å². The minimum Gasteiger partial charge on any atom is -0.505 e. The number of hydrogen-bond donors (Lipinski definition) is 1. The molecule has 1 aliphatic rings. The van der Waals surface area contributed by atoms with E-state index >= 15 is 0 Å². The summed E-state index contributed by atoms with van der Waals surface area (Å²) < 4.78 is 0. The number of amides is 1.